The van der Waals surface area contributed by atoms with Crippen LogP contribution >= 0.6 is 0 Å². The molecule has 0 saturated carbocycles. The number of nitrogens with zero attached hydrogens (tertiary/aromatic N) is 3. The van der Waals surface area contributed by atoms with Crippen molar-refractivity contribution in [3.8, 4) is 0 Å². The van der Waals surface area contributed by atoms with Gasteiger partial charge < -0.3 is 20.3 Å². The molecule has 2 atom stereocenters. The van der Waals surface area contributed by atoms with Gasteiger partial charge in [0.05, 0.1) is 12.0 Å². The molecule has 200 valence electrons. The second-order valence-electron chi connectivity index (χ2n) is 10.4. The number of hydrogen-bond acceptors (Lipinski definition) is 6. The molecular formula is C26H41N5O5. The van der Waals surface area contributed by atoms with Crippen molar-refractivity contribution in [3.05, 3.63) is 27.9 Å². The zero-order valence-electron chi connectivity index (χ0n) is 22.1. The Morgan fingerprint density at radius 3 is 2.53 bits per heavy atom. The summed E-state index contributed by atoms with van der Waals surface area (Å²) in [5.41, 5.74) is 0.650. The van der Waals surface area contributed by atoms with Gasteiger partial charge in [-0.25, -0.2) is 4.79 Å². The normalized spacial score (nSPS) is 23.7. The van der Waals surface area contributed by atoms with Gasteiger partial charge >= 0.3 is 5.69 Å². The van der Waals surface area contributed by atoms with Crippen LogP contribution in [0.1, 0.15) is 70.2 Å². The van der Waals surface area contributed by atoms with Crippen LogP contribution in [-0.4, -0.2) is 70.6 Å². The fourth-order valence-electron chi connectivity index (χ4n) is 5.12. The summed E-state index contributed by atoms with van der Waals surface area (Å²) in [5, 5.41) is 5.81. The van der Waals surface area contributed by atoms with Crippen LogP contribution in [0.25, 0.3) is 0 Å². The first kappa shape index (κ1) is 27.8. The summed E-state index contributed by atoms with van der Waals surface area (Å²) >= 11 is 0. The summed E-state index contributed by atoms with van der Waals surface area (Å²) in [5.74, 6) is -0.290. The fourth-order valence-corrected chi connectivity index (χ4v) is 5.12. The summed E-state index contributed by atoms with van der Waals surface area (Å²) in [4.78, 5) is 56.7. The van der Waals surface area contributed by atoms with Gasteiger partial charge in [-0.2, -0.15) is 4.98 Å². The first-order valence-electron chi connectivity index (χ1n) is 13.1. The lowest BCUT2D eigenvalue weighted by Gasteiger charge is -2.41. The Labute approximate surface area is 213 Å². The van der Waals surface area contributed by atoms with Crippen LogP contribution in [0.4, 0.5) is 0 Å². The molecule has 2 N–H and O–H groups in total. The van der Waals surface area contributed by atoms with Crippen molar-refractivity contribution in [1.29, 1.82) is 0 Å². The lowest BCUT2D eigenvalue weighted by atomic mass is 9.73. The second kappa shape index (κ2) is 12.5. The molecule has 2 saturated heterocycles. The lowest BCUT2D eigenvalue weighted by molar-refractivity contribution is -0.142. The van der Waals surface area contributed by atoms with Crippen molar-refractivity contribution in [2.24, 2.45) is 5.41 Å². The number of nitrogens with one attached hydrogen (secondary N) is 2. The maximum Gasteiger partial charge on any atom is 0.347 e. The highest BCUT2D eigenvalue weighted by atomic mass is 16.5. The number of aryl methyl sites for hydroxylation is 2. The van der Waals surface area contributed by atoms with Gasteiger partial charge in [-0.15, -0.1) is 0 Å². The van der Waals surface area contributed by atoms with Crippen LogP contribution in [0, 0.1) is 19.3 Å². The van der Waals surface area contributed by atoms with E-state index in [4.69, 9.17) is 4.74 Å². The molecule has 0 aromatic carbocycles. The zero-order chi connectivity index (χ0) is 26.3. The third-order valence-electron chi connectivity index (χ3n) is 7.37. The van der Waals surface area contributed by atoms with Gasteiger partial charge in [0, 0.05) is 50.1 Å². The molecule has 10 nitrogen and oxygen atoms in total. The number of piperidine rings is 1. The van der Waals surface area contributed by atoms with Crippen LogP contribution in [0.15, 0.2) is 10.9 Å². The smallest absolute Gasteiger partial charge is 0.347 e. The molecule has 0 radical (unpaired) electrons. The van der Waals surface area contributed by atoms with Gasteiger partial charge in [0.15, 0.2) is 0 Å². The zero-order valence-corrected chi connectivity index (χ0v) is 22.1. The summed E-state index contributed by atoms with van der Waals surface area (Å²) < 4.78 is 7.29. The minimum Gasteiger partial charge on any atom is -0.379 e. The van der Waals surface area contributed by atoms with Crippen LogP contribution < -0.4 is 16.3 Å². The summed E-state index contributed by atoms with van der Waals surface area (Å²) in [6.45, 7) is 9.75. The molecule has 1 spiro atoms. The average Bonchev–Trinajstić information content (AvgIpc) is 2.83. The van der Waals surface area contributed by atoms with Crippen LogP contribution in [-0.2, 0) is 25.7 Å². The van der Waals surface area contributed by atoms with Crippen molar-refractivity contribution in [3.63, 3.8) is 0 Å². The van der Waals surface area contributed by atoms with E-state index in [1.54, 1.807) is 18.4 Å². The maximum atomic E-state index is 13.4. The topological polar surface area (TPSA) is 123 Å². The van der Waals surface area contributed by atoms with Crippen molar-refractivity contribution >= 4 is 17.7 Å². The highest BCUT2D eigenvalue weighted by Crippen LogP contribution is 2.37. The monoisotopic (exact) mass is 503 g/mol. The van der Waals surface area contributed by atoms with Crippen molar-refractivity contribution in [2.75, 3.05) is 26.3 Å². The van der Waals surface area contributed by atoms with Crippen LogP contribution in [0.2, 0.25) is 0 Å². The first-order chi connectivity index (χ1) is 17.1. The number of ether oxygens (including phenoxy) is 1. The Hall–Kier alpha value is -2.75. The number of aromatic nitrogens is 2. The molecule has 1 aromatic rings. The van der Waals surface area contributed by atoms with E-state index in [1.807, 2.05) is 24.8 Å². The highest BCUT2D eigenvalue weighted by molar-refractivity contribution is 5.90. The van der Waals surface area contributed by atoms with Gasteiger partial charge in [-0.05, 0) is 65.9 Å². The largest absolute Gasteiger partial charge is 0.379 e. The minimum atomic E-state index is -0.639. The van der Waals surface area contributed by atoms with E-state index < -0.39 is 11.5 Å². The molecule has 0 aliphatic carbocycles. The summed E-state index contributed by atoms with van der Waals surface area (Å²) in [7, 11) is 0. The molecule has 10 heteroatoms. The predicted octanol–water partition coefficient (Wildman–Crippen LogP) is 1.46. The van der Waals surface area contributed by atoms with Gasteiger partial charge in [-0.3, -0.25) is 19.0 Å². The molecule has 0 bridgehead atoms. The number of rotatable bonds is 4. The lowest BCUT2D eigenvalue weighted by Crippen LogP contribution is -2.55. The summed E-state index contributed by atoms with van der Waals surface area (Å²) in [6.07, 6.45) is 4.43. The molecule has 2 aliphatic heterocycles. The predicted molar refractivity (Wildman–Crippen MR) is 135 cm³/mol. The molecule has 1 aromatic heterocycles. The van der Waals surface area contributed by atoms with E-state index in [9.17, 15) is 19.2 Å². The summed E-state index contributed by atoms with van der Waals surface area (Å²) in [6, 6.07) is 1.10. The van der Waals surface area contributed by atoms with E-state index in [1.165, 1.54) is 0 Å². The van der Waals surface area contributed by atoms with Crippen molar-refractivity contribution in [1.82, 2.24) is 25.1 Å². The molecular weight excluding hydrogens is 462 g/mol. The van der Waals surface area contributed by atoms with Gasteiger partial charge in [0.25, 0.3) is 0 Å². The van der Waals surface area contributed by atoms with E-state index >= 15 is 0 Å². The number of amides is 3. The minimum absolute atomic E-state index is 0.0378. The molecule has 3 amide bonds. The Kier molecular flexibility index (Phi) is 9.64. The second-order valence-corrected chi connectivity index (χ2v) is 10.4. The number of carbonyl (C=O) groups is 3. The quantitative estimate of drug-likeness (QED) is 0.641. The van der Waals surface area contributed by atoms with E-state index in [0.29, 0.717) is 70.6 Å². The van der Waals surface area contributed by atoms with Gasteiger partial charge in [-0.1, -0.05) is 6.42 Å². The first-order valence-corrected chi connectivity index (χ1v) is 13.1. The molecule has 2 aliphatic rings. The fraction of sp³-hybridized carbons (Fsp3) is 0.731. The van der Waals surface area contributed by atoms with Crippen LogP contribution in [0.5, 0.6) is 0 Å². The van der Waals surface area contributed by atoms with Gasteiger partial charge in [0.2, 0.25) is 17.7 Å². The van der Waals surface area contributed by atoms with Crippen molar-refractivity contribution < 1.29 is 19.1 Å². The molecule has 36 heavy (non-hydrogen) atoms. The SMILES string of the molecule is Cc1cc(C)n(CCCC(=O)N2CCC3(CCCCOC[C@H](C)NC(=O)[C@H](C)NC3=O)CC2)c(=O)n1. The van der Waals surface area contributed by atoms with E-state index in [0.717, 1.165) is 18.5 Å². The number of likely N-dealkylation sites (tertiary alicyclic amines) is 1. The van der Waals surface area contributed by atoms with Crippen LogP contribution in [0.3, 0.4) is 0 Å². The van der Waals surface area contributed by atoms with E-state index in [-0.39, 0.29) is 29.5 Å². The maximum absolute atomic E-state index is 13.4. The Morgan fingerprint density at radius 1 is 1.11 bits per heavy atom. The molecule has 0 unspecified atom stereocenters. The Balaban J connectivity index is 1.57. The Bertz CT molecular complexity index is 999. The van der Waals surface area contributed by atoms with Crippen molar-refractivity contribution in [2.45, 2.75) is 91.3 Å². The van der Waals surface area contributed by atoms with Gasteiger partial charge in [0.1, 0.15) is 6.04 Å². The number of carbonyl (C=O) groups excluding carboxylic acids is 3. The Morgan fingerprint density at radius 2 is 1.83 bits per heavy atom. The number of hydrogen-bond donors (Lipinski definition) is 2. The molecule has 3 rings (SSSR count). The molecule has 2 fully saturated rings. The third kappa shape index (κ3) is 7.15. The third-order valence-corrected chi connectivity index (χ3v) is 7.37. The average molecular weight is 504 g/mol. The van der Waals surface area contributed by atoms with E-state index in [2.05, 4.69) is 15.6 Å². The highest BCUT2D eigenvalue weighted by Gasteiger charge is 2.42. The standard InChI is InChI=1S/C26H41N5O5/c1-18-16-20(3)31(25(35)28-18)12-7-8-22(32)30-13-10-26(11-14-30)9-5-6-15-36-17-19(2)27-23(33)21(4)29-24(26)34/h16,19,21H,5-15,17H2,1-4H3,(H,27,33)(H,29,34)/t19-,21-/m0/s1. The molecule has 3 heterocycles.